The molecule has 2 heterocycles. The molecule has 0 unspecified atom stereocenters. The van der Waals surface area contributed by atoms with Gasteiger partial charge in [-0.05, 0) is 36.4 Å². The van der Waals surface area contributed by atoms with E-state index in [1.165, 1.54) is 0 Å². The zero-order chi connectivity index (χ0) is 16.1. The Labute approximate surface area is 133 Å². The molecule has 2 aromatic heterocycles. The average molecular weight is 308 g/mol. The van der Waals surface area contributed by atoms with Crippen molar-refractivity contribution in [2.45, 2.75) is 6.54 Å². The van der Waals surface area contributed by atoms with E-state index in [1.807, 2.05) is 24.4 Å². The molecular weight excluding hydrogens is 292 g/mol. The Balaban J connectivity index is 1.72. The first-order valence-corrected chi connectivity index (χ1v) is 7.14. The Morgan fingerprint density at radius 3 is 2.70 bits per heavy atom. The van der Waals surface area contributed by atoms with Crippen LogP contribution in [0.5, 0.6) is 5.75 Å². The molecule has 6 heteroatoms. The van der Waals surface area contributed by atoms with Gasteiger partial charge in [-0.1, -0.05) is 6.07 Å². The third kappa shape index (κ3) is 3.37. The molecule has 1 N–H and O–H groups in total. The van der Waals surface area contributed by atoms with Crippen LogP contribution in [0.2, 0.25) is 0 Å². The fourth-order valence-electron chi connectivity index (χ4n) is 2.19. The van der Waals surface area contributed by atoms with Crippen molar-refractivity contribution in [3.05, 3.63) is 72.2 Å². The number of methoxy groups -OCH3 is 1. The minimum Gasteiger partial charge on any atom is -0.497 e. The number of amides is 1. The summed E-state index contributed by atoms with van der Waals surface area (Å²) >= 11 is 0. The first kappa shape index (κ1) is 14.8. The van der Waals surface area contributed by atoms with Crippen molar-refractivity contribution >= 4 is 5.91 Å². The van der Waals surface area contributed by atoms with Gasteiger partial charge in [0.05, 0.1) is 7.11 Å². The van der Waals surface area contributed by atoms with Crippen LogP contribution >= 0.6 is 0 Å². The highest BCUT2D eigenvalue weighted by molar-refractivity contribution is 5.94. The predicted octanol–water partition coefficient (Wildman–Crippen LogP) is 2.21. The molecule has 116 valence electrons. The fraction of sp³-hybridized carbons (Fsp3) is 0.118. The lowest BCUT2D eigenvalue weighted by atomic mass is 10.2. The number of pyridine rings is 1. The second-order valence-electron chi connectivity index (χ2n) is 4.85. The zero-order valence-corrected chi connectivity index (χ0v) is 12.6. The maximum atomic E-state index is 12.2. The third-order valence-corrected chi connectivity index (χ3v) is 3.38. The number of benzene rings is 1. The standard InChI is InChI=1S/C17H16N4O2/c1-23-15-7-5-13(6-8-15)17(22)19-12-14-4-2-9-18-16(14)21-11-3-10-20-21/h2-11H,12H2,1H3,(H,19,22). The lowest BCUT2D eigenvalue weighted by Gasteiger charge is -2.10. The number of carbonyl (C=O) groups is 1. The molecule has 0 aliphatic rings. The highest BCUT2D eigenvalue weighted by Crippen LogP contribution is 2.13. The van der Waals surface area contributed by atoms with E-state index in [4.69, 9.17) is 4.74 Å². The van der Waals surface area contributed by atoms with Crippen molar-refractivity contribution in [2.24, 2.45) is 0 Å². The average Bonchev–Trinajstić information content (AvgIpc) is 3.14. The third-order valence-electron chi connectivity index (χ3n) is 3.38. The summed E-state index contributed by atoms with van der Waals surface area (Å²) in [6, 6.07) is 12.6. The Morgan fingerprint density at radius 2 is 2.00 bits per heavy atom. The first-order chi connectivity index (χ1) is 11.3. The van der Waals surface area contributed by atoms with Crippen molar-refractivity contribution in [1.82, 2.24) is 20.1 Å². The molecule has 3 rings (SSSR count). The van der Waals surface area contributed by atoms with E-state index < -0.39 is 0 Å². The minimum absolute atomic E-state index is 0.150. The van der Waals surface area contributed by atoms with E-state index in [1.54, 1.807) is 48.5 Å². The molecule has 0 aliphatic carbocycles. The van der Waals surface area contributed by atoms with Crippen LogP contribution in [0.15, 0.2) is 61.1 Å². The van der Waals surface area contributed by atoms with Crippen LogP contribution in [0.4, 0.5) is 0 Å². The summed E-state index contributed by atoms with van der Waals surface area (Å²) in [5.41, 5.74) is 1.47. The van der Waals surface area contributed by atoms with Gasteiger partial charge in [0.2, 0.25) is 0 Å². The van der Waals surface area contributed by atoms with Gasteiger partial charge in [0.25, 0.3) is 5.91 Å². The van der Waals surface area contributed by atoms with Crippen LogP contribution in [-0.4, -0.2) is 27.8 Å². The van der Waals surface area contributed by atoms with Gasteiger partial charge in [-0.2, -0.15) is 5.10 Å². The molecule has 3 aromatic rings. The van der Waals surface area contributed by atoms with Gasteiger partial charge in [0, 0.05) is 36.3 Å². The molecule has 23 heavy (non-hydrogen) atoms. The molecule has 1 aromatic carbocycles. The maximum absolute atomic E-state index is 12.2. The number of nitrogens with zero attached hydrogens (tertiary/aromatic N) is 3. The summed E-state index contributed by atoms with van der Waals surface area (Å²) < 4.78 is 6.76. The normalized spacial score (nSPS) is 10.3. The zero-order valence-electron chi connectivity index (χ0n) is 12.6. The van der Waals surface area contributed by atoms with Crippen molar-refractivity contribution < 1.29 is 9.53 Å². The number of carbonyl (C=O) groups excluding carboxylic acids is 1. The number of nitrogens with one attached hydrogen (secondary N) is 1. The van der Waals surface area contributed by atoms with E-state index >= 15 is 0 Å². The van der Waals surface area contributed by atoms with E-state index in [0.29, 0.717) is 17.9 Å². The van der Waals surface area contributed by atoms with Gasteiger partial charge in [-0.25, -0.2) is 9.67 Å². The number of rotatable bonds is 5. The Kier molecular flexibility index (Phi) is 4.33. The summed E-state index contributed by atoms with van der Waals surface area (Å²) in [6.07, 6.45) is 5.21. The predicted molar refractivity (Wildman–Crippen MR) is 85.5 cm³/mol. The molecule has 1 amide bonds. The van der Waals surface area contributed by atoms with Crippen LogP contribution in [0, 0.1) is 0 Å². The number of hydrogen-bond acceptors (Lipinski definition) is 4. The van der Waals surface area contributed by atoms with E-state index in [0.717, 1.165) is 11.3 Å². The molecule has 6 nitrogen and oxygen atoms in total. The van der Waals surface area contributed by atoms with Crippen LogP contribution in [0.25, 0.3) is 5.82 Å². The molecule has 0 aliphatic heterocycles. The molecule has 0 fully saturated rings. The van der Waals surface area contributed by atoms with Crippen molar-refractivity contribution in [1.29, 1.82) is 0 Å². The summed E-state index contributed by atoms with van der Waals surface area (Å²) in [5, 5.41) is 7.07. The smallest absolute Gasteiger partial charge is 0.251 e. The number of ether oxygens (including phenoxy) is 1. The minimum atomic E-state index is -0.150. The Bertz CT molecular complexity index is 783. The monoisotopic (exact) mass is 308 g/mol. The van der Waals surface area contributed by atoms with Crippen LogP contribution in [0.1, 0.15) is 15.9 Å². The fourth-order valence-corrected chi connectivity index (χ4v) is 2.19. The van der Waals surface area contributed by atoms with Gasteiger partial charge < -0.3 is 10.1 Å². The van der Waals surface area contributed by atoms with Gasteiger partial charge in [0.1, 0.15) is 5.75 Å². The molecule has 0 spiro atoms. The van der Waals surface area contributed by atoms with Crippen molar-refractivity contribution in [3.8, 4) is 11.6 Å². The molecule has 0 bridgehead atoms. The maximum Gasteiger partial charge on any atom is 0.251 e. The van der Waals surface area contributed by atoms with Crippen molar-refractivity contribution in [3.63, 3.8) is 0 Å². The first-order valence-electron chi connectivity index (χ1n) is 7.14. The summed E-state index contributed by atoms with van der Waals surface area (Å²) in [6.45, 7) is 0.369. The van der Waals surface area contributed by atoms with Gasteiger partial charge >= 0.3 is 0 Å². The highest BCUT2D eigenvalue weighted by atomic mass is 16.5. The second kappa shape index (κ2) is 6.74. The SMILES string of the molecule is COc1ccc(C(=O)NCc2cccnc2-n2cccn2)cc1. The Hall–Kier alpha value is -3.15. The quantitative estimate of drug-likeness (QED) is 0.784. The number of aromatic nitrogens is 3. The van der Waals surface area contributed by atoms with Gasteiger partial charge in [0.15, 0.2) is 5.82 Å². The largest absolute Gasteiger partial charge is 0.497 e. The van der Waals surface area contributed by atoms with Crippen molar-refractivity contribution in [2.75, 3.05) is 7.11 Å². The van der Waals surface area contributed by atoms with Crippen LogP contribution < -0.4 is 10.1 Å². The van der Waals surface area contributed by atoms with E-state index in [9.17, 15) is 4.79 Å². The molecule has 0 saturated heterocycles. The van der Waals surface area contributed by atoms with Gasteiger partial charge in [-0.3, -0.25) is 4.79 Å². The molecule has 0 saturated carbocycles. The highest BCUT2D eigenvalue weighted by Gasteiger charge is 2.09. The van der Waals surface area contributed by atoms with E-state index in [-0.39, 0.29) is 5.91 Å². The lowest BCUT2D eigenvalue weighted by molar-refractivity contribution is 0.0951. The topological polar surface area (TPSA) is 69.0 Å². The molecular formula is C17H16N4O2. The van der Waals surface area contributed by atoms with Crippen LogP contribution in [-0.2, 0) is 6.54 Å². The lowest BCUT2D eigenvalue weighted by Crippen LogP contribution is -2.23. The second-order valence-corrected chi connectivity index (χ2v) is 4.85. The molecule has 0 radical (unpaired) electrons. The number of hydrogen-bond donors (Lipinski definition) is 1. The summed E-state index contributed by atoms with van der Waals surface area (Å²) in [5.74, 6) is 1.27. The molecule has 0 atom stereocenters. The summed E-state index contributed by atoms with van der Waals surface area (Å²) in [7, 11) is 1.59. The van der Waals surface area contributed by atoms with E-state index in [2.05, 4.69) is 15.4 Å². The van der Waals surface area contributed by atoms with Crippen LogP contribution in [0.3, 0.4) is 0 Å². The van der Waals surface area contributed by atoms with Gasteiger partial charge in [-0.15, -0.1) is 0 Å². The summed E-state index contributed by atoms with van der Waals surface area (Å²) in [4.78, 5) is 16.5. The Morgan fingerprint density at radius 1 is 1.17 bits per heavy atom.